The van der Waals surface area contributed by atoms with Gasteiger partial charge in [-0.2, -0.15) is 0 Å². The van der Waals surface area contributed by atoms with E-state index in [0.717, 1.165) is 28.0 Å². The third kappa shape index (κ3) is 4.18. The number of piperidine rings is 1. The lowest BCUT2D eigenvalue weighted by atomic mass is 9.95. The van der Waals surface area contributed by atoms with Crippen molar-refractivity contribution in [3.8, 4) is 0 Å². The predicted octanol–water partition coefficient (Wildman–Crippen LogP) is 3.32. The Balaban J connectivity index is 1.48. The van der Waals surface area contributed by atoms with E-state index in [0.29, 0.717) is 29.5 Å². The van der Waals surface area contributed by atoms with Gasteiger partial charge in [0.15, 0.2) is 0 Å². The summed E-state index contributed by atoms with van der Waals surface area (Å²) in [6.07, 6.45) is 2.91. The van der Waals surface area contributed by atoms with Crippen molar-refractivity contribution in [1.82, 2.24) is 5.32 Å². The van der Waals surface area contributed by atoms with Gasteiger partial charge >= 0.3 is 5.97 Å². The van der Waals surface area contributed by atoms with E-state index in [2.05, 4.69) is 38.1 Å². The maximum absolute atomic E-state index is 12.3. The molecule has 154 valence electrons. The number of aliphatic carboxylic acids is 1. The molecule has 0 aromatic heterocycles. The summed E-state index contributed by atoms with van der Waals surface area (Å²) in [7, 11) is 0. The van der Waals surface area contributed by atoms with Crippen LogP contribution in [0, 0.1) is 9.49 Å². The Bertz CT molecular complexity index is 1040. The normalized spacial score (nSPS) is 18.2. The molecule has 2 aliphatic heterocycles. The molecule has 7 nitrogen and oxygen atoms in total. The number of amides is 2. The van der Waals surface area contributed by atoms with Crippen LogP contribution in [0.2, 0.25) is 0 Å². The highest BCUT2D eigenvalue weighted by atomic mass is 127. The van der Waals surface area contributed by atoms with E-state index in [-0.39, 0.29) is 11.8 Å². The van der Waals surface area contributed by atoms with Crippen LogP contribution in [-0.2, 0) is 9.59 Å². The first-order chi connectivity index (χ1) is 14.4. The molecule has 0 aliphatic carbocycles. The summed E-state index contributed by atoms with van der Waals surface area (Å²) >= 11 is 2.15. The minimum absolute atomic E-state index is 0.256. The molecule has 0 radical (unpaired) electrons. The first-order valence-corrected chi connectivity index (χ1v) is 10.7. The minimum Gasteiger partial charge on any atom is -0.481 e. The number of nitrogens with zero attached hydrogens (tertiary/aromatic N) is 1. The summed E-state index contributed by atoms with van der Waals surface area (Å²) in [6, 6.07) is 13.2. The Kier molecular flexibility index (Phi) is 5.76. The molecule has 3 N–H and O–H groups in total. The van der Waals surface area contributed by atoms with Gasteiger partial charge in [-0.1, -0.05) is 0 Å². The number of hydrogen-bond donors (Lipinski definition) is 3. The van der Waals surface area contributed by atoms with Crippen LogP contribution in [0.5, 0.6) is 0 Å². The van der Waals surface area contributed by atoms with Crippen molar-refractivity contribution in [2.75, 3.05) is 23.3 Å². The van der Waals surface area contributed by atoms with Crippen molar-refractivity contribution in [2.24, 2.45) is 5.92 Å². The molecular weight excluding hydrogens is 497 g/mol. The largest absolute Gasteiger partial charge is 0.481 e. The standard InChI is InChI=1S/C22H20IN3O4/c23-14-1-6-17-18(11-14)19(21(28)25-20(17)27)12-24-15-2-4-16(5-3-15)26-9-7-13(8-10-26)22(29)30/h1-6,11-13,24H,7-10H2,(H,29,30)(H,25,27,28). The highest BCUT2D eigenvalue weighted by molar-refractivity contribution is 14.1. The Morgan fingerprint density at radius 2 is 1.77 bits per heavy atom. The molecule has 0 atom stereocenters. The average molecular weight is 517 g/mol. The second-order valence-electron chi connectivity index (χ2n) is 7.32. The van der Waals surface area contributed by atoms with Crippen LogP contribution in [-0.4, -0.2) is 36.0 Å². The van der Waals surface area contributed by atoms with Crippen LogP contribution in [0.25, 0.3) is 5.57 Å². The van der Waals surface area contributed by atoms with Gasteiger partial charge in [-0.15, -0.1) is 0 Å². The Morgan fingerprint density at radius 3 is 2.43 bits per heavy atom. The maximum Gasteiger partial charge on any atom is 0.306 e. The average Bonchev–Trinajstić information content (AvgIpc) is 2.74. The Hall–Kier alpha value is -2.88. The highest BCUT2D eigenvalue weighted by Gasteiger charge is 2.27. The number of carboxylic acid groups (broad SMARTS) is 1. The fraction of sp³-hybridized carbons (Fsp3) is 0.227. The SMILES string of the molecule is O=C1NC(=O)c2ccc(I)cc2C1=CNc1ccc(N2CCC(C(=O)O)CC2)cc1. The molecule has 0 unspecified atom stereocenters. The number of rotatable bonds is 4. The van der Waals surface area contributed by atoms with Crippen LogP contribution in [0.4, 0.5) is 11.4 Å². The fourth-order valence-corrected chi connectivity index (χ4v) is 4.24. The molecule has 30 heavy (non-hydrogen) atoms. The van der Waals surface area contributed by atoms with E-state index in [4.69, 9.17) is 5.11 Å². The molecule has 2 aromatic rings. The quantitative estimate of drug-likeness (QED) is 0.327. The number of carbonyl (C=O) groups excluding carboxylic acids is 2. The molecule has 2 aromatic carbocycles. The second kappa shape index (κ2) is 8.47. The van der Waals surface area contributed by atoms with Crippen LogP contribution in [0.15, 0.2) is 48.7 Å². The third-order valence-electron chi connectivity index (χ3n) is 5.45. The predicted molar refractivity (Wildman–Crippen MR) is 122 cm³/mol. The van der Waals surface area contributed by atoms with E-state index in [1.807, 2.05) is 36.4 Å². The van der Waals surface area contributed by atoms with Gasteiger partial charge in [0.25, 0.3) is 11.8 Å². The van der Waals surface area contributed by atoms with E-state index in [1.54, 1.807) is 12.3 Å². The molecule has 1 fully saturated rings. The summed E-state index contributed by atoms with van der Waals surface area (Å²) < 4.78 is 0.941. The number of carboxylic acids is 1. The maximum atomic E-state index is 12.3. The molecule has 2 amide bonds. The van der Waals surface area contributed by atoms with Gasteiger partial charge < -0.3 is 15.3 Å². The van der Waals surface area contributed by atoms with E-state index in [1.165, 1.54) is 0 Å². The van der Waals surface area contributed by atoms with Crippen LogP contribution in [0.1, 0.15) is 28.8 Å². The molecule has 8 heteroatoms. The smallest absolute Gasteiger partial charge is 0.306 e. The van der Waals surface area contributed by atoms with Crippen LogP contribution in [0.3, 0.4) is 0 Å². The monoisotopic (exact) mass is 517 g/mol. The second-order valence-corrected chi connectivity index (χ2v) is 8.57. The van der Waals surface area contributed by atoms with Gasteiger partial charge in [0, 0.05) is 45.4 Å². The number of hydrogen-bond acceptors (Lipinski definition) is 5. The van der Waals surface area contributed by atoms with Crippen molar-refractivity contribution < 1.29 is 19.5 Å². The molecule has 2 heterocycles. The van der Waals surface area contributed by atoms with Crippen LogP contribution >= 0.6 is 22.6 Å². The summed E-state index contributed by atoms with van der Waals surface area (Å²) in [5.74, 6) is -1.79. The summed E-state index contributed by atoms with van der Waals surface area (Å²) in [5.41, 5.74) is 3.34. The lowest BCUT2D eigenvalue weighted by Gasteiger charge is -2.32. The summed E-state index contributed by atoms with van der Waals surface area (Å²) in [5, 5.41) is 14.6. The molecule has 0 saturated carbocycles. The molecule has 1 saturated heterocycles. The number of fused-ring (bicyclic) bond motifs is 1. The van der Waals surface area contributed by atoms with Gasteiger partial charge in [-0.25, -0.2) is 0 Å². The van der Waals surface area contributed by atoms with E-state index >= 15 is 0 Å². The Labute approximate surface area is 187 Å². The zero-order valence-electron chi connectivity index (χ0n) is 16.0. The number of imide groups is 1. The van der Waals surface area contributed by atoms with Gasteiger partial charge in [0.2, 0.25) is 0 Å². The molecule has 0 spiro atoms. The topological polar surface area (TPSA) is 98.7 Å². The van der Waals surface area contributed by atoms with E-state index in [9.17, 15) is 14.4 Å². The zero-order valence-corrected chi connectivity index (χ0v) is 18.2. The van der Waals surface area contributed by atoms with Crippen molar-refractivity contribution in [1.29, 1.82) is 0 Å². The number of anilines is 2. The summed E-state index contributed by atoms with van der Waals surface area (Å²) in [4.78, 5) is 37.7. The Morgan fingerprint density at radius 1 is 1.07 bits per heavy atom. The molecule has 0 bridgehead atoms. The van der Waals surface area contributed by atoms with Crippen molar-refractivity contribution >= 4 is 57.3 Å². The van der Waals surface area contributed by atoms with Gasteiger partial charge in [-0.3, -0.25) is 19.7 Å². The van der Waals surface area contributed by atoms with Gasteiger partial charge in [0.05, 0.1) is 11.5 Å². The zero-order chi connectivity index (χ0) is 21.3. The number of benzene rings is 2. The van der Waals surface area contributed by atoms with Crippen molar-refractivity contribution in [2.45, 2.75) is 12.8 Å². The number of carbonyl (C=O) groups is 3. The van der Waals surface area contributed by atoms with Crippen molar-refractivity contribution in [3.05, 3.63) is 63.4 Å². The first-order valence-electron chi connectivity index (χ1n) is 9.62. The fourth-order valence-electron chi connectivity index (χ4n) is 3.75. The van der Waals surface area contributed by atoms with Crippen LogP contribution < -0.4 is 15.5 Å². The van der Waals surface area contributed by atoms with Gasteiger partial charge in [-0.05, 0) is 77.9 Å². The third-order valence-corrected chi connectivity index (χ3v) is 6.12. The lowest BCUT2D eigenvalue weighted by Crippen LogP contribution is -2.36. The summed E-state index contributed by atoms with van der Waals surface area (Å²) in [6.45, 7) is 1.44. The van der Waals surface area contributed by atoms with Gasteiger partial charge in [0.1, 0.15) is 0 Å². The molecule has 2 aliphatic rings. The minimum atomic E-state index is -0.716. The number of halogens is 1. The lowest BCUT2D eigenvalue weighted by molar-refractivity contribution is -0.142. The van der Waals surface area contributed by atoms with E-state index < -0.39 is 11.9 Å². The highest BCUT2D eigenvalue weighted by Crippen LogP contribution is 2.27. The number of nitrogens with one attached hydrogen (secondary N) is 2. The molecular formula is C22H20IN3O4. The van der Waals surface area contributed by atoms with Crippen molar-refractivity contribution in [3.63, 3.8) is 0 Å². The molecule has 4 rings (SSSR count). The first kappa shape index (κ1) is 20.4.